The summed E-state index contributed by atoms with van der Waals surface area (Å²) in [5, 5.41) is 8.14. The number of hydrogen-bond donors (Lipinski definition) is 3. The quantitative estimate of drug-likeness (QED) is 0.293. The van der Waals surface area contributed by atoms with Crippen LogP contribution in [0.4, 0.5) is 26.2 Å². The number of para-hydroxylation sites is 1. The molecular formula is C24H19FN4O4S2. The Morgan fingerprint density at radius 2 is 1.69 bits per heavy atom. The SMILES string of the molecule is O=C(CSc1nc2ccc(NC(=O)Nc3ccc4c(c3)OCCO4)cc2s1)Nc1ccccc1F. The van der Waals surface area contributed by atoms with Crippen LogP contribution in [-0.4, -0.2) is 35.9 Å². The van der Waals surface area contributed by atoms with Gasteiger partial charge in [0.2, 0.25) is 5.91 Å². The Hall–Kier alpha value is -3.83. The second kappa shape index (κ2) is 10.2. The third kappa shape index (κ3) is 5.64. The number of fused-ring (bicyclic) bond motifs is 2. The molecule has 0 atom stereocenters. The van der Waals surface area contributed by atoms with Crippen molar-refractivity contribution in [3.05, 3.63) is 66.5 Å². The van der Waals surface area contributed by atoms with Crippen molar-refractivity contribution in [2.75, 3.05) is 34.9 Å². The van der Waals surface area contributed by atoms with Gasteiger partial charge in [-0.25, -0.2) is 14.2 Å². The highest BCUT2D eigenvalue weighted by molar-refractivity contribution is 8.01. The largest absolute Gasteiger partial charge is 0.486 e. The third-order valence-corrected chi connectivity index (χ3v) is 7.06. The number of rotatable bonds is 6. The van der Waals surface area contributed by atoms with E-state index in [1.165, 1.54) is 35.2 Å². The first-order valence-corrected chi connectivity index (χ1v) is 12.4. The van der Waals surface area contributed by atoms with E-state index in [4.69, 9.17) is 9.47 Å². The maximum Gasteiger partial charge on any atom is 0.323 e. The summed E-state index contributed by atoms with van der Waals surface area (Å²) in [6.07, 6.45) is 0. The van der Waals surface area contributed by atoms with Gasteiger partial charge < -0.3 is 25.4 Å². The molecule has 0 aliphatic carbocycles. The van der Waals surface area contributed by atoms with Crippen LogP contribution in [0.2, 0.25) is 0 Å². The zero-order valence-corrected chi connectivity index (χ0v) is 19.8. The van der Waals surface area contributed by atoms with Crippen LogP contribution in [0, 0.1) is 5.82 Å². The minimum absolute atomic E-state index is 0.0944. The average Bonchev–Trinajstić information content (AvgIpc) is 3.26. The molecule has 1 aliphatic rings. The number of carbonyl (C=O) groups is 2. The topological polar surface area (TPSA) is 102 Å². The van der Waals surface area contributed by atoms with Crippen LogP contribution in [0.5, 0.6) is 11.5 Å². The molecule has 0 fully saturated rings. The summed E-state index contributed by atoms with van der Waals surface area (Å²) in [6.45, 7) is 0.968. The molecule has 0 bridgehead atoms. The van der Waals surface area contributed by atoms with Crippen molar-refractivity contribution in [2.45, 2.75) is 4.34 Å². The molecule has 1 aliphatic heterocycles. The molecule has 0 radical (unpaired) electrons. The fraction of sp³-hybridized carbons (Fsp3) is 0.125. The number of urea groups is 1. The number of thiazole rings is 1. The Bertz CT molecular complexity index is 1410. The van der Waals surface area contributed by atoms with Crippen molar-refractivity contribution in [1.29, 1.82) is 0 Å². The average molecular weight is 511 g/mol. The van der Waals surface area contributed by atoms with Crippen LogP contribution >= 0.6 is 23.1 Å². The van der Waals surface area contributed by atoms with E-state index in [2.05, 4.69) is 20.9 Å². The van der Waals surface area contributed by atoms with Gasteiger partial charge in [-0.3, -0.25) is 4.79 Å². The van der Waals surface area contributed by atoms with Crippen molar-refractivity contribution in [3.63, 3.8) is 0 Å². The molecule has 0 saturated heterocycles. The molecule has 0 spiro atoms. The lowest BCUT2D eigenvalue weighted by atomic mass is 10.2. The minimum Gasteiger partial charge on any atom is -0.486 e. The zero-order valence-electron chi connectivity index (χ0n) is 18.2. The van der Waals surface area contributed by atoms with Crippen LogP contribution in [-0.2, 0) is 4.79 Å². The van der Waals surface area contributed by atoms with Crippen LogP contribution < -0.4 is 25.4 Å². The second-order valence-electron chi connectivity index (χ2n) is 7.42. The van der Waals surface area contributed by atoms with E-state index in [0.29, 0.717) is 40.4 Å². The monoisotopic (exact) mass is 510 g/mol. The summed E-state index contributed by atoms with van der Waals surface area (Å²) in [4.78, 5) is 29.1. The molecule has 178 valence electrons. The second-order valence-corrected chi connectivity index (χ2v) is 9.67. The normalized spacial score (nSPS) is 12.3. The molecule has 1 aromatic heterocycles. The van der Waals surface area contributed by atoms with Crippen LogP contribution in [0.1, 0.15) is 0 Å². The van der Waals surface area contributed by atoms with Crippen molar-refractivity contribution >= 4 is 62.3 Å². The number of halogens is 1. The Morgan fingerprint density at radius 1 is 0.943 bits per heavy atom. The Balaban J connectivity index is 1.18. The lowest BCUT2D eigenvalue weighted by Crippen LogP contribution is -2.20. The maximum atomic E-state index is 13.7. The number of nitrogens with zero attached hydrogens (tertiary/aromatic N) is 1. The van der Waals surface area contributed by atoms with Gasteiger partial charge in [0.25, 0.3) is 0 Å². The van der Waals surface area contributed by atoms with Gasteiger partial charge in [-0.15, -0.1) is 11.3 Å². The van der Waals surface area contributed by atoms with E-state index in [0.717, 1.165) is 10.2 Å². The minimum atomic E-state index is -0.483. The van der Waals surface area contributed by atoms with Gasteiger partial charge in [-0.1, -0.05) is 23.9 Å². The lowest BCUT2D eigenvalue weighted by molar-refractivity contribution is -0.113. The molecule has 35 heavy (non-hydrogen) atoms. The highest BCUT2D eigenvalue weighted by Gasteiger charge is 2.14. The molecule has 0 unspecified atom stereocenters. The first kappa shape index (κ1) is 22.9. The molecule has 5 rings (SSSR count). The summed E-state index contributed by atoms with van der Waals surface area (Å²) in [5.74, 6) is 0.530. The molecule has 3 N–H and O–H groups in total. The first-order valence-electron chi connectivity index (χ1n) is 10.6. The van der Waals surface area contributed by atoms with Gasteiger partial charge in [0.15, 0.2) is 15.8 Å². The summed E-state index contributed by atoms with van der Waals surface area (Å²) in [7, 11) is 0. The van der Waals surface area contributed by atoms with Gasteiger partial charge in [-0.2, -0.15) is 0 Å². The molecule has 11 heteroatoms. The smallest absolute Gasteiger partial charge is 0.323 e. The summed E-state index contributed by atoms with van der Waals surface area (Å²) < 4.78 is 26.3. The third-order valence-electron chi connectivity index (χ3n) is 4.90. The van der Waals surface area contributed by atoms with E-state index in [-0.39, 0.29) is 17.3 Å². The van der Waals surface area contributed by atoms with Gasteiger partial charge in [-0.05, 0) is 42.5 Å². The number of nitrogens with one attached hydrogen (secondary N) is 3. The number of aromatic nitrogens is 1. The Labute approximate surface area is 207 Å². The Kier molecular flexibility index (Phi) is 6.68. The predicted molar refractivity (Wildman–Crippen MR) is 135 cm³/mol. The van der Waals surface area contributed by atoms with Crippen LogP contribution in [0.25, 0.3) is 10.2 Å². The summed E-state index contributed by atoms with van der Waals surface area (Å²) in [5.41, 5.74) is 2.08. The van der Waals surface area contributed by atoms with Gasteiger partial charge in [0, 0.05) is 17.4 Å². The van der Waals surface area contributed by atoms with Crippen molar-refractivity contribution in [3.8, 4) is 11.5 Å². The molecule has 2 heterocycles. The van der Waals surface area contributed by atoms with Crippen LogP contribution in [0.3, 0.4) is 0 Å². The summed E-state index contributed by atoms with van der Waals surface area (Å²) in [6, 6.07) is 16.2. The Morgan fingerprint density at radius 3 is 2.51 bits per heavy atom. The highest BCUT2D eigenvalue weighted by atomic mass is 32.2. The first-order chi connectivity index (χ1) is 17.0. The van der Waals surface area contributed by atoms with E-state index >= 15 is 0 Å². The molecule has 8 nitrogen and oxygen atoms in total. The number of benzene rings is 3. The highest BCUT2D eigenvalue weighted by Crippen LogP contribution is 2.33. The maximum absolute atomic E-state index is 13.7. The number of hydrogen-bond acceptors (Lipinski definition) is 7. The van der Waals surface area contributed by atoms with E-state index in [9.17, 15) is 14.0 Å². The van der Waals surface area contributed by atoms with Crippen LogP contribution in [0.15, 0.2) is 65.0 Å². The van der Waals surface area contributed by atoms with Crippen molar-refractivity contribution in [1.82, 2.24) is 4.98 Å². The molecule has 3 aromatic carbocycles. The van der Waals surface area contributed by atoms with E-state index < -0.39 is 11.8 Å². The number of amides is 3. The van der Waals surface area contributed by atoms with Gasteiger partial charge >= 0.3 is 6.03 Å². The van der Waals surface area contributed by atoms with E-state index in [1.807, 2.05) is 6.07 Å². The molecule has 0 saturated carbocycles. The number of thioether (sulfide) groups is 1. The lowest BCUT2D eigenvalue weighted by Gasteiger charge is -2.19. The van der Waals surface area contributed by atoms with Crippen molar-refractivity contribution < 1.29 is 23.5 Å². The fourth-order valence-corrected chi connectivity index (χ4v) is 5.24. The summed E-state index contributed by atoms with van der Waals surface area (Å²) >= 11 is 2.67. The van der Waals surface area contributed by atoms with Crippen molar-refractivity contribution in [2.24, 2.45) is 0 Å². The fourth-order valence-electron chi connectivity index (χ4n) is 3.33. The molecule has 3 amide bonds. The predicted octanol–water partition coefficient (Wildman–Crippen LogP) is 5.58. The number of anilines is 3. The standard InChI is InChI=1S/C24H19FN4O4S2/c25-16-3-1-2-4-17(16)28-22(30)13-34-24-29-18-7-5-15(12-21(18)35-24)27-23(31)26-14-6-8-19-20(11-14)33-10-9-32-19/h1-8,11-12H,9-10,13H2,(H,28,30)(H2,26,27,31). The van der Waals surface area contributed by atoms with E-state index in [1.54, 1.807) is 42.5 Å². The number of ether oxygens (including phenoxy) is 2. The van der Waals surface area contributed by atoms with Gasteiger partial charge in [0.05, 0.1) is 21.7 Å². The van der Waals surface area contributed by atoms with Gasteiger partial charge in [0.1, 0.15) is 19.0 Å². The zero-order chi connectivity index (χ0) is 24.2. The number of carbonyl (C=O) groups excluding carboxylic acids is 2. The molecule has 4 aromatic rings. The molecular weight excluding hydrogens is 491 g/mol.